The number of nitrogens with one attached hydrogen (secondary N) is 2. The Bertz CT molecular complexity index is 735. The molecule has 7 heteroatoms. The van der Waals surface area contributed by atoms with Crippen LogP contribution in [0.3, 0.4) is 0 Å². The summed E-state index contributed by atoms with van der Waals surface area (Å²) in [6.45, 7) is 0. The van der Waals surface area contributed by atoms with E-state index in [1.807, 2.05) is 36.4 Å². The van der Waals surface area contributed by atoms with E-state index in [1.54, 1.807) is 23.1 Å². The first kappa shape index (κ1) is 14.4. The highest BCUT2D eigenvalue weighted by atomic mass is 35.5. The predicted octanol–water partition coefficient (Wildman–Crippen LogP) is 4.15. The van der Waals surface area contributed by atoms with Gasteiger partial charge in [0.25, 0.3) is 0 Å². The molecule has 1 aromatic carbocycles. The molecule has 0 spiro atoms. The standard InChI is InChI=1S/C14H12ClN3OS2/c15-12-6-5-9(21-12)7-20-8-13(19)18-14-16-10-3-1-2-4-11(10)17-14/h1-6H,7-8H2,(H2,16,17,18,19). The molecule has 21 heavy (non-hydrogen) atoms. The van der Waals surface area contributed by atoms with Gasteiger partial charge < -0.3 is 4.98 Å². The maximum atomic E-state index is 11.9. The number of rotatable bonds is 5. The predicted molar refractivity (Wildman–Crippen MR) is 90.2 cm³/mol. The molecule has 108 valence electrons. The number of benzene rings is 1. The van der Waals surface area contributed by atoms with E-state index in [2.05, 4.69) is 15.3 Å². The number of thiophene rings is 1. The van der Waals surface area contributed by atoms with Crippen LogP contribution in [0.15, 0.2) is 36.4 Å². The number of carbonyl (C=O) groups is 1. The van der Waals surface area contributed by atoms with E-state index in [0.717, 1.165) is 21.1 Å². The van der Waals surface area contributed by atoms with Crippen molar-refractivity contribution in [3.63, 3.8) is 0 Å². The molecule has 0 aliphatic rings. The van der Waals surface area contributed by atoms with Crippen LogP contribution in [0.25, 0.3) is 11.0 Å². The third-order valence-electron chi connectivity index (χ3n) is 2.75. The maximum absolute atomic E-state index is 11.9. The largest absolute Gasteiger partial charge is 0.324 e. The average molecular weight is 338 g/mol. The zero-order chi connectivity index (χ0) is 14.7. The van der Waals surface area contributed by atoms with E-state index in [0.29, 0.717) is 11.7 Å². The Labute approximate surface area is 134 Å². The van der Waals surface area contributed by atoms with Crippen LogP contribution >= 0.6 is 34.7 Å². The molecule has 3 rings (SSSR count). The smallest absolute Gasteiger partial charge is 0.236 e. The molecular weight excluding hydrogens is 326 g/mol. The minimum absolute atomic E-state index is 0.0679. The average Bonchev–Trinajstić information content (AvgIpc) is 3.04. The fraction of sp³-hybridized carbons (Fsp3) is 0.143. The summed E-state index contributed by atoms with van der Waals surface area (Å²) in [5.41, 5.74) is 1.75. The van der Waals surface area contributed by atoms with Crippen molar-refractivity contribution in [3.8, 4) is 0 Å². The molecule has 2 heterocycles. The highest BCUT2D eigenvalue weighted by Gasteiger charge is 2.07. The van der Waals surface area contributed by atoms with Crippen LogP contribution in [0.4, 0.5) is 5.95 Å². The summed E-state index contributed by atoms with van der Waals surface area (Å²) in [5.74, 6) is 1.58. The fourth-order valence-corrected chi connectivity index (χ4v) is 3.88. The second-order valence-corrected chi connectivity index (χ2v) is 7.13. The van der Waals surface area contributed by atoms with E-state index in [4.69, 9.17) is 11.6 Å². The zero-order valence-electron chi connectivity index (χ0n) is 10.9. The topological polar surface area (TPSA) is 57.8 Å². The molecule has 0 bridgehead atoms. The van der Waals surface area contributed by atoms with Gasteiger partial charge in [-0.3, -0.25) is 10.1 Å². The van der Waals surface area contributed by atoms with Crippen LogP contribution in [-0.2, 0) is 10.5 Å². The van der Waals surface area contributed by atoms with Gasteiger partial charge in [-0.15, -0.1) is 23.1 Å². The lowest BCUT2D eigenvalue weighted by Crippen LogP contribution is -2.15. The number of halogens is 1. The monoisotopic (exact) mass is 337 g/mol. The van der Waals surface area contributed by atoms with E-state index in [-0.39, 0.29) is 5.91 Å². The number of para-hydroxylation sites is 2. The van der Waals surface area contributed by atoms with Crippen LogP contribution in [0.1, 0.15) is 4.88 Å². The Morgan fingerprint density at radius 2 is 2.19 bits per heavy atom. The fourth-order valence-electron chi connectivity index (χ4n) is 1.85. The van der Waals surface area contributed by atoms with Gasteiger partial charge >= 0.3 is 0 Å². The molecule has 0 saturated heterocycles. The highest BCUT2D eigenvalue weighted by Crippen LogP contribution is 2.25. The Morgan fingerprint density at radius 1 is 1.33 bits per heavy atom. The quantitative estimate of drug-likeness (QED) is 0.735. The third-order valence-corrected chi connectivity index (χ3v) is 5.15. The number of hydrogen-bond acceptors (Lipinski definition) is 4. The van der Waals surface area contributed by atoms with Crippen molar-refractivity contribution in [1.29, 1.82) is 0 Å². The molecule has 0 aliphatic carbocycles. The van der Waals surface area contributed by atoms with Crippen LogP contribution in [-0.4, -0.2) is 21.6 Å². The van der Waals surface area contributed by atoms with Crippen LogP contribution < -0.4 is 5.32 Å². The first-order valence-electron chi connectivity index (χ1n) is 6.27. The van der Waals surface area contributed by atoms with Crippen molar-refractivity contribution in [2.75, 3.05) is 11.1 Å². The van der Waals surface area contributed by atoms with Crippen molar-refractivity contribution in [2.24, 2.45) is 0 Å². The molecule has 1 amide bonds. The van der Waals surface area contributed by atoms with Gasteiger partial charge in [-0.1, -0.05) is 23.7 Å². The van der Waals surface area contributed by atoms with Gasteiger partial charge in [0, 0.05) is 10.6 Å². The highest BCUT2D eigenvalue weighted by molar-refractivity contribution is 7.99. The molecule has 0 unspecified atom stereocenters. The molecule has 2 aromatic heterocycles. The Morgan fingerprint density at radius 3 is 2.95 bits per heavy atom. The molecule has 4 nitrogen and oxygen atoms in total. The van der Waals surface area contributed by atoms with Gasteiger partial charge in [-0.25, -0.2) is 4.98 Å². The SMILES string of the molecule is O=C(CSCc1ccc(Cl)s1)Nc1nc2ccccc2[nH]1. The number of anilines is 1. The first-order valence-corrected chi connectivity index (χ1v) is 8.62. The van der Waals surface area contributed by atoms with E-state index in [9.17, 15) is 4.79 Å². The van der Waals surface area contributed by atoms with Crippen molar-refractivity contribution >= 4 is 57.6 Å². The summed E-state index contributed by atoms with van der Waals surface area (Å²) in [4.78, 5) is 20.4. The number of amides is 1. The second-order valence-electron chi connectivity index (χ2n) is 4.35. The number of hydrogen-bond donors (Lipinski definition) is 2. The summed E-state index contributed by atoms with van der Waals surface area (Å²) < 4.78 is 0.775. The summed E-state index contributed by atoms with van der Waals surface area (Å²) >= 11 is 8.96. The van der Waals surface area contributed by atoms with Gasteiger partial charge in [0.2, 0.25) is 11.9 Å². The summed E-state index contributed by atoms with van der Waals surface area (Å²) in [6.07, 6.45) is 0. The zero-order valence-corrected chi connectivity index (χ0v) is 13.3. The molecular formula is C14H12ClN3OS2. The number of carbonyl (C=O) groups excluding carboxylic acids is 1. The van der Waals surface area contributed by atoms with Gasteiger partial charge in [0.15, 0.2) is 0 Å². The van der Waals surface area contributed by atoms with Crippen molar-refractivity contribution in [2.45, 2.75) is 5.75 Å². The van der Waals surface area contributed by atoms with Crippen molar-refractivity contribution in [1.82, 2.24) is 9.97 Å². The molecule has 2 N–H and O–H groups in total. The molecule has 0 aliphatic heterocycles. The third kappa shape index (κ3) is 3.78. The van der Waals surface area contributed by atoms with Gasteiger partial charge in [0.1, 0.15) is 0 Å². The minimum atomic E-state index is -0.0679. The molecule has 3 aromatic rings. The summed E-state index contributed by atoms with van der Waals surface area (Å²) in [6, 6.07) is 11.5. The first-order chi connectivity index (χ1) is 10.2. The number of fused-ring (bicyclic) bond motifs is 1. The Hall–Kier alpha value is -1.50. The van der Waals surface area contributed by atoms with Crippen molar-refractivity contribution in [3.05, 3.63) is 45.6 Å². The molecule has 0 radical (unpaired) electrons. The van der Waals surface area contributed by atoms with E-state index in [1.165, 1.54) is 4.88 Å². The molecule has 0 fully saturated rings. The molecule has 0 atom stereocenters. The van der Waals surface area contributed by atoms with Crippen molar-refractivity contribution < 1.29 is 4.79 Å². The number of thioether (sulfide) groups is 1. The van der Waals surface area contributed by atoms with Gasteiger partial charge in [-0.05, 0) is 24.3 Å². The number of aromatic amines is 1. The van der Waals surface area contributed by atoms with E-state index >= 15 is 0 Å². The van der Waals surface area contributed by atoms with Gasteiger partial charge in [0.05, 0.1) is 21.1 Å². The Balaban J connectivity index is 1.51. The number of imidazole rings is 1. The minimum Gasteiger partial charge on any atom is -0.324 e. The lowest BCUT2D eigenvalue weighted by molar-refractivity contribution is -0.113. The van der Waals surface area contributed by atoms with E-state index < -0.39 is 0 Å². The second kappa shape index (κ2) is 6.51. The Kier molecular flexibility index (Phi) is 4.48. The molecule has 0 saturated carbocycles. The number of H-pyrrole nitrogens is 1. The van der Waals surface area contributed by atoms with Crippen LogP contribution in [0.2, 0.25) is 4.34 Å². The maximum Gasteiger partial charge on any atom is 0.236 e. The number of aromatic nitrogens is 2. The number of nitrogens with zero attached hydrogens (tertiary/aromatic N) is 1. The lowest BCUT2D eigenvalue weighted by Gasteiger charge is -2.01. The van der Waals surface area contributed by atoms with Crippen LogP contribution in [0.5, 0.6) is 0 Å². The normalized spacial score (nSPS) is 10.9. The van der Waals surface area contributed by atoms with Gasteiger partial charge in [-0.2, -0.15) is 0 Å². The summed E-state index contributed by atoms with van der Waals surface area (Å²) in [7, 11) is 0. The summed E-state index contributed by atoms with van der Waals surface area (Å²) in [5, 5.41) is 2.77. The lowest BCUT2D eigenvalue weighted by atomic mass is 10.3. The van der Waals surface area contributed by atoms with Crippen LogP contribution in [0, 0.1) is 0 Å².